The molecule has 0 amide bonds. The molecule has 0 radical (unpaired) electrons. The minimum absolute atomic E-state index is 0.124. The Morgan fingerprint density at radius 1 is 0.844 bits per heavy atom. The van der Waals surface area contributed by atoms with Crippen LogP contribution >= 0.6 is 0 Å². The summed E-state index contributed by atoms with van der Waals surface area (Å²) in [5, 5.41) is 0. The second-order valence-electron chi connectivity index (χ2n) is 9.53. The first-order chi connectivity index (χ1) is 15.6. The van der Waals surface area contributed by atoms with E-state index in [2.05, 4.69) is 13.2 Å². The zero-order chi connectivity index (χ0) is 22.5. The van der Waals surface area contributed by atoms with Crippen molar-refractivity contribution in [3.63, 3.8) is 0 Å². The zero-order valence-corrected chi connectivity index (χ0v) is 18.9. The highest BCUT2D eigenvalue weighted by Crippen LogP contribution is 2.49. The lowest BCUT2D eigenvalue weighted by molar-refractivity contribution is 0.114. The smallest absolute Gasteiger partial charge is 0.166 e. The molecule has 32 heavy (non-hydrogen) atoms. The Morgan fingerprint density at radius 2 is 1.59 bits per heavy atom. The van der Waals surface area contributed by atoms with Crippen LogP contribution in [0.2, 0.25) is 0 Å². The van der Waals surface area contributed by atoms with E-state index in [0.29, 0.717) is 35.0 Å². The maximum Gasteiger partial charge on any atom is 0.166 e. The summed E-state index contributed by atoms with van der Waals surface area (Å²) in [7, 11) is 0. The van der Waals surface area contributed by atoms with Gasteiger partial charge in [0.2, 0.25) is 0 Å². The molecule has 0 heterocycles. The predicted molar refractivity (Wildman–Crippen MR) is 128 cm³/mol. The van der Waals surface area contributed by atoms with Gasteiger partial charge in [-0.1, -0.05) is 49.4 Å². The summed E-state index contributed by atoms with van der Waals surface area (Å²) in [5.74, 6) is 1.62. The average molecular weight is 437 g/mol. The number of allylic oxidation sites excluding steroid dienone is 1. The van der Waals surface area contributed by atoms with E-state index in [0.717, 1.165) is 37.5 Å². The Hall–Kier alpha value is -2.42. The SMILES string of the molecule is C=CCCC1CCC2CC(c3ccc(-c4ccc(OCC=C)cc4)c(F)c3F)CCC2C1. The molecule has 0 aliphatic heterocycles. The van der Waals surface area contributed by atoms with Crippen molar-refractivity contribution in [1.29, 1.82) is 0 Å². The third kappa shape index (κ3) is 4.98. The lowest BCUT2D eigenvalue weighted by Gasteiger charge is -2.42. The Labute approximate surface area is 191 Å². The monoisotopic (exact) mass is 436 g/mol. The number of rotatable bonds is 8. The van der Waals surface area contributed by atoms with Crippen LogP contribution in [0.25, 0.3) is 11.1 Å². The molecule has 2 aliphatic rings. The van der Waals surface area contributed by atoms with E-state index in [1.165, 1.54) is 25.7 Å². The lowest BCUT2D eigenvalue weighted by Crippen LogP contribution is -2.30. The molecule has 0 saturated heterocycles. The standard InChI is InChI=1S/C29H34F2O/c1-3-5-6-20-7-8-23-19-24(10-9-22(23)18-20)27-16-15-26(28(30)29(27)31)21-11-13-25(14-12-21)32-17-4-2/h3-4,11-16,20,22-24H,1-2,5-10,17-19H2. The molecule has 4 atom stereocenters. The first kappa shape index (κ1) is 22.8. The molecule has 1 nitrogen and oxygen atoms in total. The van der Waals surface area contributed by atoms with E-state index >= 15 is 8.78 Å². The molecule has 2 aromatic rings. The van der Waals surface area contributed by atoms with Gasteiger partial charge in [0.1, 0.15) is 12.4 Å². The molecule has 0 aromatic heterocycles. The maximum absolute atomic E-state index is 15.2. The molecular weight excluding hydrogens is 402 g/mol. The second-order valence-corrected chi connectivity index (χ2v) is 9.53. The van der Waals surface area contributed by atoms with Gasteiger partial charge in [0.15, 0.2) is 11.6 Å². The number of hydrogen-bond acceptors (Lipinski definition) is 1. The third-order valence-electron chi connectivity index (χ3n) is 7.59. The fourth-order valence-electron chi connectivity index (χ4n) is 5.87. The molecule has 0 spiro atoms. The van der Waals surface area contributed by atoms with Gasteiger partial charge in [-0.2, -0.15) is 0 Å². The Bertz CT molecular complexity index is 933. The van der Waals surface area contributed by atoms with Crippen molar-refractivity contribution in [3.8, 4) is 16.9 Å². The van der Waals surface area contributed by atoms with Gasteiger partial charge in [0, 0.05) is 5.56 Å². The number of ether oxygens (including phenoxy) is 1. The zero-order valence-electron chi connectivity index (χ0n) is 18.9. The largest absolute Gasteiger partial charge is 0.490 e. The summed E-state index contributed by atoms with van der Waals surface area (Å²) in [6.07, 6.45) is 12.9. The minimum Gasteiger partial charge on any atom is -0.490 e. The second kappa shape index (κ2) is 10.5. The van der Waals surface area contributed by atoms with E-state index in [1.54, 1.807) is 36.4 Å². The Morgan fingerprint density at radius 3 is 2.34 bits per heavy atom. The quantitative estimate of drug-likeness (QED) is 0.377. The number of fused-ring (bicyclic) bond motifs is 1. The van der Waals surface area contributed by atoms with Crippen LogP contribution in [0.15, 0.2) is 61.7 Å². The van der Waals surface area contributed by atoms with Crippen LogP contribution in [-0.4, -0.2) is 6.61 Å². The molecule has 0 bridgehead atoms. The fourth-order valence-corrected chi connectivity index (χ4v) is 5.87. The van der Waals surface area contributed by atoms with E-state index in [1.807, 2.05) is 12.1 Å². The summed E-state index contributed by atoms with van der Waals surface area (Å²) in [6, 6.07) is 10.6. The average Bonchev–Trinajstić information content (AvgIpc) is 2.83. The number of benzene rings is 2. The van der Waals surface area contributed by atoms with Crippen molar-refractivity contribution in [3.05, 3.63) is 78.9 Å². The number of hydrogen-bond donors (Lipinski definition) is 0. The van der Waals surface area contributed by atoms with Crippen LogP contribution in [0, 0.1) is 29.4 Å². The molecule has 2 fully saturated rings. The van der Waals surface area contributed by atoms with Gasteiger partial charge in [0.25, 0.3) is 0 Å². The molecule has 2 aromatic carbocycles. The van der Waals surface area contributed by atoms with Gasteiger partial charge < -0.3 is 4.74 Å². The third-order valence-corrected chi connectivity index (χ3v) is 7.59. The highest BCUT2D eigenvalue weighted by Gasteiger charge is 2.36. The summed E-state index contributed by atoms with van der Waals surface area (Å²) >= 11 is 0. The lowest BCUT2D eigenvalue weighted by atomic mass is 9.63. The van der Waals surface area contributed by atoms with Crippen molar-refractivity contribution >= 4 is 0 Å². The number of halogens is 2. The van der Waals surface area contributed by atoms with Crippen molar-refractivity contribution in [2.45, 2.75) is 57.3 Å². The first-order valence-corrected chi connectivity index (χ1v) is 12.0. The van der Waals surface area contributed by atoms with Gasteiger partial charge in [-0.15, -0.1) is 6.58 Å². The van der Waals surface area contributed by atoms with Crippen LogP contribution in [0.5, 0.6) is 5.75 Å². The maximum atomic E-state index is 15.2. The van der Waals surface area contributed by atoms with Crippen LogP contribution in [0.1, 0.15) is 62.8 Å². The van der Waals surface area contributed by atoms with Gasteiger partial charge in [-0.3, -0.25) is 0 Å². The van der Waals surface area contributed by atoms with E-state index in [-0.39, 0.29) is 5.92 Å². The van der Waals surface area contributed by atoms with Crippen molar-refractivity contribution in [2.75, 3.05) is 6.61 Å². The van der Waals surface area contributed by atoms with Crippen LogP contribution in [0.4, 0.5) is 8.78 Å². The van der Waals surface area contributed by atoms with Crippen molar-refractivity contribution in [2.24, 2.45) is 17.8 Å². The predicted octanol–water partition coefficient (Wildman–Crippen LogP) is 8.46. The molecule has 2 aliphatic carbocycles. The van der Waals surface area contributed by atoms with Gasteiger partial charge in [-0.05, 0) is 91.9 Å². The van der Waals surface area contributed by atoms with E-state index in [4.69, 9.17) is 4.74 Å². The van der Waals surface area contributed by atoms with E-state index < -0.39 is 11.6 Å². The van der Waals surface area contributed by atoms with E-state index in [9.17, 15) is 0 Å². The molecule has 4 rings (SSSR count). The summed E-state index contributed by atoms with van der Waals surface area (Å²) < 4.78 is 35.7. The summed E-state index contributed by atoms with van der Waals surface area (Å²) in [5.41, 5.74) is 1.52. The van der Waals surface area contributed by atoms with Crippen molar-refractivity contribution < 1.29 is 13.5 Å². The first-order valence-electron chi connectivity index (χ1n) is 12.0. The van der Waals surface area contributed by atoms with Gasteiger partial charge >= 0.3 is 0 Å². The van der Waals surface area contributed by atoms with Gasteiger partial charge in [0.05, 0.1) is 0 Å². The molecular formula is C29H34F2O. The highest BCUT2D eigenvalue weighted by molar-refractivity contribution is 5.65. The molecule has 3 heteroatoms. The van der Waals surface area contributed by atoms with Crippen LogP contribution < -0.4 is 4.74 Å². The van der Waals surface area contributed by atoms with Crippen LogP contribution in [-0.2, 0) is 0 Å². The van der Waals surface area contributed by atoms with Crippen LogP contribution in [0.3, 0.4) is 0 Å². The molecule has 2 saturated carbocycles. The molecule has 4 unspecified atom stereocenters. The topological polar surface area (TPSA) is 9.23 Å². The molecule has 0 N–H and O–H groups in total. The Kier molecular flexibility index (Phi) is 7.44. The van der Waals surface area contributed by atoms with Crippen molar-refractivity contribution in [1.82, 2.24) is 0 Å². The summed E-state index contributed by atoms with van der Waals surface area (Å²) in [4.78, 5) is 0. The van der Waals surface area contributed by atoms with Gasteiger partial charge in [-0.25, -0.2) is 8.78 Å². The minimum atomic E-state index is -0.738. The molecule has 170 valence electrons. The highest BCUT2D eigenvalue weighted by atomic mass is 19.2. The summed E-state index contributed by atoms with van der Waals surface area (Å²) in [6.45, 7) is 7.89. The normalized spacial score (nSPS) is 25.1. The fraction of sp³-hybridized carbons (Fsp3) is 0.448. The Balaban J connectivity index is 1.45.